The Bertz CT molecular complexity index is 1110. The van der Waals surface area contributed by atoms with E-state index < -0.39 is 5.97 Å². The van der Waals surface area contributed by atoms with Crippen molar-refractivity contribution in [3.05, 3.63) is 59.2 Å². The molecule has 1 unspecified atom stereocenters. The molecule has 0 aliphatic carbocycles. The molecule has 0 spiro atoms. The monoisotopic (exact) mass is 450 g/mol. The average Bonchev–Trinajstić information content (AvgIpc) is 3.12. The number of nitrogens with zero attached hydrogens (tertiary/aromatic N) is 5. The van der Waals surface area contributed by atoms with Crippen LogP contribution in [0.1, 0.15) is 35.0 Å². The van der Waals surface area contributed by atoms with Crippen LogP contribution < -0.4 is 15.0 Å². The molecule has 0 aromatic carbocycles. The van der Waals surface area contributed by atoms with E-state index in [4.69, 9.17) is 9.72 Å². The Hall–Kier alpha value is -3.62. The van der Waals surface area contributed by atoms with E-state index in [1.165, 1.54) is 0 Å². The van der Waals surface area contributed by atoms with Gasteiger partial charge in [-0.25, -0.2) is 9.67 Å². The highest BCUT2D eigenvalue weighted by Crippen LogP contribution is 2.27. The SMILES string of the molecule is Cc1ccc(C(CC(=O)O)Cc2cc(OCCc3ccc4c(n3)NCCN4C)n(C)n2)cn1. The second-order valence-corrected chi connectivity index (χ2v) is 8.45. The molecule has 3 aromatic heterocycles. The van der Waals surface area contributed by atoms with Crippen molar-refractivity contribution in [2.45, 2.75) is 32.1 Å². The molecule has 2 N–H and O–H groups in total. The summed E-state index contributed by atoms with van der Waals surface area (Å²) in [7, 11) is 3.90. The Morgan fingerprint density at radius 2 is 2.09 bits per heavy atom. The molecule has 1 atom stereocenters. The van der Waals surface area contributed by atoms with Gasteiger partial charge < -0.3 is 20.1 Å². The van der Waals surface area contributed by atoms with Crippen molar-refractivity contribution >= 4 is 17.5 Å². The van der Waals surface area contributed by atoms with Crippen LogP contribution >= 0.6 is 0 Å². The number of hydrogen-bond donors (Lipinski definition) is 2. The third-order valence-corrected chi connectivity index (χ3v) is 5.86. The van der Waals surface area contributed by atoms with E-state index in [0.29, 0.717) is 25.3 Å². The van der Waals surface area contributed by atoms with Crippen LogP contribution in [-0.4, -0.2) is 57.6 Å². The summed E-state index contributed by atoms with van der Waals surface area (Å²) in [6.45, 7) is 4.23. The van der Waals surface area contributed by atoms with Crippen LogP contribution in [0.15, 0.2) is 36.5 Å². The standard InChI is InChI=1S/C24H30N6O3/c1-16-4-5-17(15-26-16)18(13-23(31)32)12-20-14-22(30(3)28-20)33-11-8-19-6-7-21-24(27-19)25-9-10-29(21)2/h4-7,14-15,18H,8-13H2,1-3H3,(H,25,27)(H,31,32). The highest BCUT2D eigenvalue weighted by molar-refractivity contribution is 5.68. The lowest BCUT2D eigenvalue weighted by Gasteiger charge is -2.27. The molecule has 33 heavy (non-hydrogen) atoms. The van der Waals surface area contributed by atoms with Crippen LogP contribution in [0.2, 0.25) is 0 Å². The summed E-state index contributed by atoms with van der Waals surface area (Å²) in [5, 5.41) is 17.3. The van der Waals surface area contributed by atoms with Gasteiger partial charge in [-0.15, -0.1) is 0 Å². The molecule has 9 nitrogen and oxygen atoms in total. The van der Waals surface area contributed by atoms with Crippen molar-refractivity contribution in [1.29, 1.82) is 0 Å². The first-order valence-corrected chi connectivity index (χ1v) is 11.1. The number of likely N-dealkylation sites (N-methyl/N-ethyl adjacent to an activating group) is 1. The molecule has 0 fully saturated rings. The van der Waals surface area contributed by atoms with Crippen molar-refractivity contribution in [2.24, 2.45) is 7.05 Å². The van der Waals surface area contributed by atoms with Crippen LogP contribution in [0, 0.1) is 6.92 Å². The summed E-state index contributed by atoms with van der Waals surface area (Å²) >= 11 is 0. The van der Waals surface area contributed by atoms with E-state index >= 15 is 0 Å². The minimum absolute atomic E-state index is 0.0186. The Kier molecular flexibility index (Phi) is 6.76. The van der Waals surface area contributed by atoms with Gasteiger partial charge in [-0.05, 0) is 37.1 Å². The first-order valence-electron chi connectivity index (χ1n) is 11.1. The normalized spacial score (nSPS) is 13.8. The highest BCUT2D eigenvalue weighted by atomic mass is 16.5. The summed E-state index contributed by atoms with van der Waals surface area (Å²) in [5.74, 6) is 0.519. The molecule has 0 saturated carbocycles. The number of aliphatic carboxylic acids is 1. The summed E-state index contributed by atoms with van der Waals surface area (Å²) in [6.07, 6.45) is 2.95. The van der Waals surface area contributed by atoms with Gasteiger partial charge in [0, 0.05) is 63.2 Å². The van der Waals surface area contributed by atoms with E-state index in [-0.39, 0.29) is 12.3 Å². The number of fused-ring (bicyclic) bond motifs is 1. The van der Waals surface area contributed by atoms with Gasteiger partial charge in [0.25, 0.3) is 0 Å². The molecule has 1 aliphatic rings. The summed E-state index contributed by atoms with van der Waals surface area (Å²) in [6, 6.07) is 9.85. The van der Waals surface area contributed by atoms with Crippen LogP contribution in [0.25, 0.3) is 0 Å². The Morgan fingerprint density at radius 1 is 1.24 bits per heavy atom. The maximum absolute atomic E-state index is 11.4. The lowest BCUT2D eigenvalue weighted by molar-refractivity contribution is -0.137. The summed E-state index contributed by atoms with van der Waals surface area (Å²) < 4.78 is 7.66. The number of pyridine rings is 2. The smallest absolute Gasteiger partial charge is 0.303 e. The van der Waals surface area contributed by atoms with Gasteiger partial charge >= 0.3 is 5.97 Å². The molecule has 0 bridgehead atoms. The largest absolute Gasteiger partial charge is 0.481 e. The van der Waals surface area contributed by atoms with Gasteiger partial charge in [0.15, 0.2) is 0 Å². The third kappa shape index (κ3) is 5.60. The second kappa shape index (κ2) is 9.89. The molecular weight excluding hydrogens is 420 g/mol. The highest BCUT2D eigenvalue weighted by Gasteiger charge is 2.20. The molecule has 4 heterocycles. The molecule has 4 rings (SSSR count). The molecular formula is C24H30N6O3. The second-order valence-electron chi connectivity index (χ2n) is 8.45. The van der Waals surface area contributed by atoms with Gasteiger partial charge in [-0.2, -0.15) is 5.10 Å². The van der Waals surface area contributed by atoms with Crippen molar-refractivity contribution < 1.29 is 14.6 Å². The van der Waals surface area contributed by atoms with E-state index in [2.05, 4.69) is 33.4 Å². The zero-order valence-corrected chi connectivity index (χ0v) is 19.3. The zero-order valence-electron chi connectivity index (χ0n) is 19.3. The molecule has 0 radical (unpaired) electrons. The molecule has 0 saturated heterocycles. The molecule has 174 valence electrons. The van der Waals surface area contributed by atoms with Crippen LogP contribution in [-0.2, 0) is 24.7 Å². The summed E-state index contributed by atoms with van der Waals surface area (Å²) in [5.41, 5.74) is 4.67. The number of ether oxygens (including phenoxy) is 1. The van der Waals surface area contributed by atoms with Crippen LogP contribution in [0.3, 0.4) is 0 Å². The van der Waals surface area contributed by atoms with Crippen molar-refractivity contribution in [3.63, 3.8) is 0 Å². The number of nitrogens with one attached hydrogen (secondary N) is 1. The first-order chi connectivity index (χ1) is 15.9. The zero-order chi connectivity index (χ0) is 23.4. The minimum atomic E-state index is -0.841. The molecule has 0 amide bonds. The molecule has 9 heteroatoms. The number of carboxylic acid groups (broad SMARTS) is 1. The minimum Gasteiger partial charge on any atom is -0.481 e. The fourth-order valence-electron chi connectivity index (χ4n) is 4.03. The van der Waals surface area contributed by atoms with Gasteiger partial charge in [0.05, 0.1) is 24.4 Å². The first kappa shape index (κ1) is 22.6. The molecule has 3 aromatic rings. The van der Waals surface area contributed by atoms with Crippen molar-refractivity contribution in [1.82, 2.24) is 19.7 Å². The average molecular weight is 451 g/mol. The van der Waals surface area contributed by atoms with Gasteiger partial charge in [0.1, 0.15) is 5.82 Å². The Labute approximate surface area is 193 Å². The number of rotatable bonds is 9. The maximum Gasteiger partial charge on any atom is 0.303 e. The fourth-order valence-corrected chi connectivity index (χ4v) is 4.03. The van der Waals surface area contributed by atoms with Gasteiger partial charge in [-0.3, -0.25) is 9.78 Å². The molecule has 1 aliphatic heterocycles. The van der Waals surface area contributed by atoms with Crippen LogP contribution in [0.4, 0.5) is 11.5 Å². The predicted molar refractivity (Wildman–Crippen MR) is 126 cm³/mol. The number of hydrogen-bond acceptors (Lipinski definition) is 7. The quantitative estimate of drug-likeness (QED) is 0.513. The van der Waals surface area contributed by atoms with E-state index in [1.54, 1.807) is 10.9 Å². The Morgan fingerprint density at radius 3 is 2.85 bits per heavy atom. The number of carbonyl (C=O) groups is 1. The lowest BCUT2D eigenvalue weighted by Crippen LogP contribution is -2.31. The van der Waals surface area contributed by atoms with E-state index in [9.17, 15) is 9.90 Å². The third-order valence-electron chi connectivity index (χ3n) is 5.86. The van der Waals surface area contributed by atoms with Crippen molar-refractivity contribution in [2.75, 3.05) is 37.0 Å². The lowest BCUT2D eigenvalue weighted by atomic mass is 9.92. The number of aryl methyl sites for hydroxylation is 2. The predicted octanol–water partition coefficient (Wildman–Crippen LogP) is 2.80. The van der Waals surface area contributed by atoms with E-state index in [0.717, 1.165) is 47.2 Å². The fraction of sp³-hybridized carbons (Fsp3) is 0.417. The Balaban J connectivity index is 1.38. The maximum atomic E-state index is 11.4. The number of anilines is 2. The number of aromatic nitrogens is 4. The van der Waals surface area contributed by atoms with Crippen LogP contribution in [0.5, 0.6) is 5.88 Å². The number of carboxylic acids is 1. The van der Waals surface area contributed by atoms with Crippen molar-refractivity contribution in [3.8, 4) is 5.88 Å². The summed E-state index contributed by atoms with van der Waals surface area (Å²) in [4.78, 5) is 22.6. The van der Waals surface area contributed by atoms with Gasteiger partial charge in [0.2, 0.25) is 5.88 Å². The van der Waals surface area contributed by atoms with Gasteiger partial charge in [-0.1, -0.05) is 6.07 Å². The topological polar surface area (TPSA) is 105 Å². The van der Waals surface area contributed by atoms with E-state index in [1.807, 2.05) is 38.2 Å².